The summed E-state index contributed by atoms with van der Waals surface area (Å²) in [5, 5.41) is 5.00. The standard InChI is InChI=1S/C61H40N2/c1-4-19-45(20-5-1)61(46-21-6-2-7-22-46)55-28-13-10-25-49(55)52-40-48(33-34-56(52)61)63-58-30-15-12-27-51(58)54-39-44(32-36-60(54)63)42-18-16-17-41(37-42)43-31-35-59-53(38-43)50-26-11-14-29-57(50)62(59)47-23-8-3-9-24-47/h1-40H. The maximum atomic E-state index is 2.46. The van der Waals surface area contributed by atoms with E-state index in [1.807, 2.05) is 0 Å². The Morgan fingerprint density at radius 1 is 0.254 bits per heavy atom. The highest BCUT2D eigenvalue weighted by atomic mass is 15.0. The van der Waals surface area contributed by atoms with Crippen LogP contribution in [0, 0.1) is 0 Å². The molecular weight excluding hydrogens is 761 g/mol. The topological polar surface area (TPSA) is 9.86 Å². The first-order valence-electron chi connectivity index (χ1n) is 21.8. The van der Waals surface area contributed by atoms with Gasteiger partial charge in [0.05, 0.1) is 27.5 Å². The van der Waals surface area contributed by atoms with E-state index < -0.39 is 5.41 Å². The lowest BCUT2D eigenvalue weighted by atomic mass is 9.68. The van der Waals surface area contributed by atoms with Crippen molar-refractivity contribution in [2.45, 2.75) is 5.41 Å². The Labute approximate surface area is 366 Å². The fraction of sp³-hybridized carbons (Fsp3) is 0.0164. The molecule has 0 radical (unpaired) electrons. The molecule has 1 aliphatic carbocycles. The number of fused-ring (bicyclic) bond motifs is 9. The number of aromatic nitrogens is 2. The van der Waals surface area contributed by atoms with Crippen LogP contribution in [-0.2, 0) is 5.41 Å². The molecule has 13 rings (SSSR count). The molecule has 0 fully saturated rings. The molecule has 0 atom stereocenters. The first-order chi connectivity index (χ1) is 31.3. The second-order valence-electron chi connectivity index (χ2n) is 16.8. The van der Waals surface area contributed by atoms with Crippen molar-refractivity contribution in [2.75, 3.05) is 0 Å². The van der Waals surface area contributed by atoms with Gasteiger partial charge in [-0.2, -0.15) is 0 Å². The minimum Gasteiger partial charge on any atom is -0.309 e. The van der Waals surface area contributed by atoms with Crippen LogP contribution in [0.4, 0.5) is 0 Å². The zero-order chi connectivity index (χ0) is 41.5. The quantitative estimate of drug-likeness (QED) is 0.159. The average molecular weight is 801 g/mol. The summed E-state index contributed by atoms with van der Waals surface area (Å²) in [5.41, 5.74) is 19.3. The zero-order valence-corrected chi connectivity index (χ0v) is 34.5. The molecule has 0 saturated carbocycles. The summed E-state index contributed by atoms with van der Waals surface area (Å²) in [4.78, 5) is 0. The van der Waals surface area contributed by atoms with Gasteiger partial charge in [-0.1, -0.05) is 176 Å². The first kappa shape index (κ1) is 35.5. The molecule has 2 aromatic heterocycles. The Kier molecular flexibility index (Phi) is 7.85. The van der Waals surface area contributed by atoms with Crippen molar-refractivity contribution in [2.24, 2.45) is 0 Å². The highest BCUT2D eigenvalue weighted by Crippen LogP contribution is 2.56. The third-order valence-corrected chi connectivity index (χ3v) is 13.6. The SMILES string of the molecule is c1ccc(-n2c3ccccc3c3cc(-c4cccc(-c5ccc6c(c5)c5ccccc5n6-c5ccc6c(c5)-c5ccccc5C6(c5ccccc5)c5ccccc5)c4)ccc32)cc1. The Hall–Kier alpha value is -8.20. The van der Waals surface area contributed by atoms with Crippen LogP contribution in [0.3, 0.4) is 0 Å². The van der Waals surface area contributed by atoms with Crippen LogP contribution in [0.15, 0.2) is 243 Å². The number of para-hydroxylation sites is 3. The number of nitrogens with zero attached hydrogens (tertiary/aromatic N) is 2. The van der Waals surface area contributed by atoms with E-state index in [0.717, 1.165) is 5.69 Å². The van der Waals surface area contributed by atoms with E-state index in [0.29, 0.717) is 0 Å². The molecule has 2 nitrogen and oxygen atoms in total. The minimum atomic E-state index is -0.427. The number of hydrogen-bond donors (Lipinski definition) is 0. The van der Waals surface area contributed by atoms with Crippen LogP contribution in [0.25, 0.3) is 88.4 Å². The lowest BCUT2D eigenvalue weighted by molar-refractivity contribution is 0.768. The molecule has 0 spiro atoms. The molecular formula is C61H40N2. The van der Waals surface area contributed by atoms with Gasteiger partial charge in [0.2, 0.25) is 0 Å². The van der Waals surface area contributed by atoms with Crippen molar-refractivity contribution in [1.29, 1.82) is 0 Å². The van der Waals surface area contributed by atoms with Gasteiger partial charge in [-0.25, -0.2) is 0 Å². The van der Waals surface area contributed by atoms with Crippen molar-refractivity contribution in [3.05, 3.63) is 265 Å². The van der Waals surface area contributed by atoms with Crippen LogP contribution in [-0.4, -0.2) is 9.13 Å². The summed E-state index contributed by atoms with van der Waals surface area (Å²) in [6.07, 6.45) is 0. The summed E-state index contributed by atoms with van der Waals surface area (Å²) >= 11 is 0. The first-order valence-corrected chi connectivity index (χ1v) is 21.8. The lowest BCUT2D eigenvalue weighted by Gasteiger charge is -2.33. The maximum absolute atomic E-state index is 2.46. The molecule has 2 heteroatoms. The van der Waals surface area contributed by atoms with E-state index >= 15 is 0 Å². The van der Waals surface area contributed by atoms with Crippen LogP contribution in [0.5, 0.6) is 0 Å². The van der Waals surface area contributed by atoms with Crippen molar-refractivity contribution < 1.29 is 0 Å². The fourth-order valence-electron chi connectivity index (χ4n) is 10.9. The van der Waals surface area contributed by atoms with Gasteiger partial charge in [0, 0.05) is 32.9 Å². The summed E-state index contributed by atoms with van der Waals surface area (Å²) in [6.45, 7) is 0. The molecule has 63 heavy (non-hydrogen) atoms. The fourth-order valence-corrected chi connectivity index (χ4v) is 10.9. The van der Waals surface area contributed by atoms with Gasteiger partial charge in [-0.3, -0.25) is 0 Å². The van der Waals surface area contributed by atoms with Crippen molar-refractivity contribution in [1.82, 2.24) is 9.13 Å². The Morgan fingerprint density at radius 3 is 1.32 bits per heavy atom. The van der Waals surface area contributed by atoms with Gasteiger partial charge in [0.15, 0.2) is 0 Å². The average Bonchev–Trinajstić information content (AvgIpc) is 3.98. The van der Waals surface area contributed by atoms with Gasteiger partial charge in [0.25, 0.3) is 0 Å². The molecule has 294 valence electrons. The van der Waals surface area contributed by atoms with E-state index in [-0.39, 0.29) is 0 Å². The van der Waals surface area contributed by atoms with Crippen molar-refractivity contribution >= 4 is 43.6 Å². The smallest absolute Gasteiger partial charge is 0.0713 e. The van der Waals surface area contributed by atoms with Crippen LogP contribution < -0.4 is 0 Å². The summed E-state index contributed by atoms with van der Waals surface area (Å²) in [6, 6.07) is 89.5. The second kappa shape index (κ2) is 13.9. The highest BCUT2D eigenvalue weighted by molar-refractivity contribution is 6.12. The molecule has 2 heterocycles. The molecule has 0 unspecified atom stereocenters. The number of rotatable bonds is 6. The molecule has 12 aromatic rings. The monoisotopic (exact) mass is 800 g/mol. The number of benzene rings is 10. The van der Waals surface area contributed by atoms with Crippen molar-refractivity contribution in [3.8, 4) is 44.8 Å². The molecule has 0 amide bonds. The van der Waals surface area contributed by atoms with Crippen molar-refractivity contribution in [3.63, 3.8) is 0 Å². The van der Waals surface area contributed by atoms with Crippen LogP contribution in [0.2, 0.25) is 0 Å². The molecule has 1 aliphatic rings. The van der Waals surface area contributed by atoms with Crippen LogP contribution >= 0.6 is 0 Å². The predicted octanol–water partition coefficient (Wildman–Crippen LogP) is 15.6. The van der Waals surface area contributed by atoms with Crippen LogP contribution in [0.1, 0.15) is 22.3 Å². The number of hydrogen-bond acceptors (Lipinski definition) is 0. The van der Waals surface area contributed by atoms with Gasteiger partial charge in [-0.15, -0.1) is 0 Å². The highest BCUT2D eigenvalue weighted by Gasteiger charge is 2.46. The lowest BCUT2D eigenvalue weighted by Crippen LogP contribution is -2.28. The molecule has 0 bridgehead atoms. The largest absolute Gasteiger partial charge is 0.309 e. The van der Waals surface area contributed by atoms with E-state index in [9.17, 15) is 0 Å². The maximum Gasteiger partial charge on any atom is 0.0713 e. The Morgan fingerprint density at radius 2 is 0.714 bits per heavy atom. The van der Waals surface area contributed by atoms with E-state index in [1.54, 1.807) is 0 Å². The second-order valence-corrected chi connectivity index (χ2v) is 16.8. The van der Waals surface area contributed by atoms with E-state index in [2.05, 4.69) is 252 Å². The summed E-state index contributed by atoms with van der Waals surface area (Å²) in [7, 11) is 0. The summed E-state index contributed by atoms with van der Waals surface area (Å²) < 4.78 is 4.83. The van der Waals surface area contributed by atoms with Gasteiger partial charge in [0.1, 0.15) is 0 Å². The molecule has 0 N–H and O–H groups in total. The van der Waals surface area contributed by atoms with Gasteiger partial charge < -0.3 is 9.13 Å². The summed E-state index contributed by atoms with van der Waals surface area (Å²) in [5.74, 6) is 0. The molecule has 0 saturated heterocycles. The normalized spacial score (nSPS) is 12.9. The third-order valence-electron chi connectivity index (χ3n) is 13.6. The zero-order valence-electron chi connectivity index (χ0n) is 34.5. The minimum absolute atomic E-state index is 0.427. The van der Waals surface area contributed by atoms with E-state index in [4.69, 9.17) is 0 Å². The molecule has 10 aromatic carbocycles. The predicted molar refractivity (Wildman–Crippen MR) is 263 cm³/mol. The Balaban J connectivity index is 0.938. The molecule has 0 aliphatic heterocycles. The van der Waals surface area contributed by atoms with Gasteiger partial charge in [-0.05, 0) is 122 Å². The van der Waals surface area contributed by atoms with Gasteiger partial charge >= 0.3 is 0 Å². The van der Waals surface area contributed by atoms with E-state index in [1.165, 1.54) is 105 Å². The third kappa shape index (κ3) is 5.25. The Bertz CT molecular complexity index is 3680.